The van der Waals surface area contributed by atoms with Crippen molar-refractivity contribution in [2.75, 3.05) is 19.8 Å². The van der Waals surface area contributed by atoms with Crippen LogP contribution in [0.2, 0.25) is 10.2 Å². The number of nitrogen functional groups attached to an aromatic ring is 1. The summed E-state index contributed by atoms with van der Waals surface area (Å²) in [5.41, 5.74) is 5.89. The van der Waals surface area contributed by atoms with Crippen molar-refractivity contribution in [2.45, 2.75) is 11.7 Å². The molecule has 0 fully saturated rings. The van der Waals surface area contributed by atoms with Crippen LogP contribution in [0.3, 0.4) is 0 Å². The van der Waals surface area contributed by atoms with E-state index < -0.39 is 26.9 Å². The Kier molecular flexibility index (Phi) is 7.54. The first-order chi connectivity index (χ1) is 15.4. The molecular formula is C19H17BrCl2FN5O4S. The van der Waals surface area contributed by atoms with Crippen molar-refractivity contribution in [1.82, 2.24) is 19.6 Å². The minimum Gasteiger partial charge on any atom is -0.453 e. The molecule has 0 aliphatic carbocycles. The van der Waals surface area contributed by atoms with E-state index in [1.807, 2.05) is 0 Å². The second-order valence-corrected chi connectivity index (χ2v) is 10.6. The summed E-state index contributed by atoms with van der Waals surface area (Å²) in [7, 11) is -1.32. The summed E-state index contributed by atoms with van der Waals surface area (Å²) in [5, 5.41) is 1.95. The number of benzene rings is 2. The molecular weight excluding hydrogens is 564 g/mol. The molecule has 1 aromatic heterocycles. The highest BCUT2D eigenvalue weighted by atomic mass is 79.9. The van der Waals surface area contributed by atoms with Crippen LogP contribution in [0.5, 0.6) is 11.5 Å². The maximum atomic E-state index is 15.1. The van der Waals surface area contributed by atoms with Crippen LogP contribution in [0.4, 0.5) is 10.1 Å². The summed E-state index contributed by atoms with van der Waals surface area (Å²) in [6, 6.07) is 7.44. The first-order valence-electron chi connectivity index (χ1n) is 9.07. The average Bonchev–Trinajstić information content (AvgIpc) is 3.12. The highest BCUT2D eigenvalue weighted by molar-refractivity contribution is 9.10. The van der Waals surface area contributed by atoms with Crippen LogP contribution in [-0.2, 0) is 16.6 Å². The summed E-state index contributed by atoms with van der Waals surface area (Å²) in [4.78, 5) is 18.6. The van der Waals surface area contributed by atoms with Gasteiger partial charge in [-0.2, -0.15) is 0 Å². The molecule has 33 heavy (non-hydrogen) atoms. The van der Waals surface area contributed by atoms with Crippen molar-refractivity contribution < 1.29 is 22.3 Å². The molecule has 14 heteroatoms. The third-order valence-electron chi connectivity index (χ3n) is 4.27. The lowest BCUT2D eigenvalue weighted by Gasteiger charge is -2.13. The number of halogens is 4. The van der Waals surface area contributed by atoms with Gasteiger partial charge in [0.25, 0.3) is 15.9 Å². The molecule has 0 saturated heterocycles. The Hall–Kier alpha value is -2.38. The van der Waals surface area contributed by atoms with Gasteiger partial charge in [0.15, 0.2) is 16.7 Å². The van der Waals surface area contributed by atoms with Crippen molar-refractivity contribution in [3.05, 3.63) is 62.1 Å². The zero-order chi connectivity index (χ0) is 24.5. The largest absolute Gasteiger partial charge is 0.453 e. The minimum absolute atomic E-state index is 0.0910. The first-order valence-corrected chi connectivity index (χ1v) is 12.1. The Morgan fingerprint density at radius 2 is 2.00 bits per heavy atom. The number of nitrogens with zero attached hydrogens (tertiary/aromatic N) is 2. The van der Waals surface area contributed by atoms with Gasteiger partial charge in [-0.05, 0) is 34.1 Å². The fourth-order valence-electron chi connectivity index (χ4n) is 2.61. The molecule has 0 aliphatic rings. The van der Waals surface area contributed by atoms with E-state index in [4.69, 9.17) is 33.7 Å². The molecule has 3 aromatic rings. The number of anilines is 1. The zero-order valence-corrected chi connectivity index (χ0v) is 21.0. The van der Waals surface area contributed by atoms with E-state index in [1.165, 1.54) is 38.4 Å². The highest BCUT2D eigenvalue weighted by Crippen LogP contribution is 2.35. The van der Waals surface area contributed by atoms with Gasteiger partial charge in [0.2, 0.25) is 5.16 Å². The van der Waals surface area contributed by atoms with Crippen LogP contribution < -0.4 is 15.8 Å². The van der Waals surface area contributed by atoms with E-state index in [0.717, 1.165) is 4.31 Å². The van der Waals surface area contributed by atoms with Gasteiger partial charge >= 0.3 is 0 Å². The zero-order valence-electron chi connectivity index (χ0n) is 17.1. The van der Waals surface area contributed by atoms with E-state index >= 15 is 4.39 Å². The molecule has 2 aromatic carbocycles. The van der Waals surface area contributed by atoms with Gasteiger partial charge in [-0.25, -0.2) is 22.1 Å². The normalized spacial score (nSPS) is 11.6. The van der Waals surface area contributed by atoms with Gasteiger partial charge < -0.3 is 20.8 Å². The number of carbonyl (C=O) groups excluding carboxylic acids is 1. The van der Waals surface area contributed by atoms with E-state index in [2.05, 4.69) is 31.2 Å². The van der Waals surface area contributed by atoms with Gasteiger partial charge in [-0.3, -0.25) is 4.79 Å². The molecule has 0 atom stereocenters. The molecule has 0 spiro atoms. The fraction of sp³-hybridized carbons (Fsp3) is 0.158. The number of hydrogen-bond acceptors (Lipinski definition) is 6. The Bertz CT molecular complexity index is 1310. The SMILES string of the molecule is CN(C)S(=O)(=O)c1nc(Cl)c(C(=O)NCc2ccc(Br)c(Oc3cc(N)cc(Cl)c3)c2F)[nH]1. The number of imidazole rings is 1. The molecule has 0 unspecified atom stereocenters. The first kappa shape index (κ1) is 25.2. The minimum atomic E-state index is -3.93. The summed E-state index contributed by atoms with van der Waals surface area (Å²) >= 11 is 15.1. The lowest BCUT2D eigenvalue weighted by atomic mass is 10.2. The molecule has 4 N–H and O–H groups in total. The van der Waals surface area contributed by atoms with Crippen LogP contribution in [-0.4, -0.2) is 42.7 Å². The number of nitrogens with one attached hydrogen (secondary N) is 2. The van der Waals surface area contributed by atoms with Gasteiger partial charge in [0.1, 0.15) is 11.4 Å². The molecule has 0 radical (unpaired) electrons. The lowest BCUT2D eigenvalue weighted by Crippen LogP contribution is -2.25. The predicted molar refractivity (Wildman–Crippen MR) is 126 cm³/mol. The van der Waals surface area contributed by atoms with E-state index in [1.54, 1.807) is 6.07 Å². The maximum Gasteiger partial charge on any atom is 0.276 e. The Balaban J connectivity index is 1.80. The highest BCUT2D eigenvalue weighted by Gasteiger charge is 2.26. The van der Waals surface area contributed by atoms with Crippen molar-refractivity contribution in [3.8, 4) is 11.5 Å². The topological polar surface area (TPSA) is 130 Å². The number of H-pyrrole nitrogens is 1. The number of nitrogens with two attached hydrogens (primary N) is 1. The number of amides is 1. The number of sulfonamides is 1. The van der Waals surface area contributed by atoms with Crippen molar-refractivity contribution in [1.29, 1.82) is 0 Å². The molecule has 0 saturated carbocycles. The molecule has 1 amide bonds. The summed E-state index contributed by atoms with van der Waals surface area (Å²) in [6.45, 7) is -0.253. The third-order valence-corrected chi connectivity index (χ3v) is 7.03. The van der Waals surface area contributed by atoms with Crippen molar-refractivity contribution in [2.24, 2.45) is 0 Å². The summed E-state index contributed by atoms with van der Waals surface area (Å²) in [6.07, 6.45) is 0. The smallest absolute Gasteiger partial charge is 0.276 e. The van der Waals surface area contributed by atoms with Gasteiger partial charge in [-0.15, -0.1) is 0 Å². The lowest BCUT2D eigenvalue weighted by molar-refractivity contribution is 0.0946. The summed E-state index contributed by atoms with van der Waals surface area (Å²) < 4.78 is 46.3. The van der Waals surface area contributed by atoms with Crippen LogP contribution in [0, 0.1) is 5.82 Å². The number of aromatic amines is 1. The standard InChI is InChI=1S/C19H17BrCl2FN5O4S/c1-28(2)33(30,31)19-26-15(17(22)27-19)18(29)25-8-9-3-4-13(20)16(14(9)23)32-12-6-10(21)5-11(24)7-12/h3-7H,8,24H2,1-2H3,(H,25,29)(H,26,27). The van der Waals surface area contributed by atoms with E-state index in [0.29, 0.717) is 15.2 Å². The predicted octanol–water partition coefficient (Wildman–Crippen LogP) is 4.17. The molecule has 9 nitrogen and oxygen atoms in total. The summed E-state index contributed by atoms with van der Waals surface area (Å²) in [5.74, 6) is -1.43. The quantitative estimate of drug-likeness (QED) is 0.359. The molecule has 3 rings (SSSR count). The third kappa shape index (κ3) is 5.58. The van der Waals surface area contributed by atoms with Crippen LogP contribution in [0.1, 0.15) is 16.1 Å². The fourth-order valence-corrected chi connectivity index (χ4v) is 4.28. The second-order valence-electron chi connectivity index (χ2n) is 6.85. The second kappa shape index (κ2) is 9.85. The molecule has 176 valence electrons. The van der Waals surface area contributed by atoms with Crippen molar-refractivity contribution in [3.63, 3.8) is 0 Å². The van der Waals surface area contributed by atoms with Crippen LogP contribution in [0.25, 0.3) is 0 Å². The molecule has 0 bridgehead atoms. The van der Waals surface area contributed by atoms with E-state index in [9.17, 15) is 13.2 Å². The van der Waals surface area contributed by atoms with Crippen LogP contribution >= 0.6 is 39.1 Å². The monoisotopic (exact) mass is 579 g/mol. The number of aromatic nitrogens is 2. The Morgan fingerprint density at radius 1 is 1.30 bits per heavy atom. The maximum absolute atomic E-state index is 15.1. The molecule has 1 heterocycles. The Morgan fingerprint density at radius 3 is 2.64 bits per heavy atom. The average molecular weight is 581 g/mol. The Labute approximate surface area is 207 Å². The van der Waals surface area contributed by atoms with Crippen molar-refractivity contribution >= 4 is 60.7 Å². The van der Waals surface area contributed by atoms with Crippen LogP contribution in [0.15, 0.2) is 40.0 Å². The number of carbonyl (C=O) groups is 1. The number of hydrogen-bond donors (Lipinski definition) is 3. The van der Waals surface area contributed by atoms with Gasteiger partial charge in [0.05, 0.1) is 4.47 Å². The number of ether oxygens (including phenoxy) is 1. The molecule has 0 aliphatic heterocycles. The van der Waals surface area contributed by atoms with Gasteiger partial charge in [-0.1, -0.05) is 29.3 Å². The van der Waals surface area contributed by atoms with Gasteiger partial charge in [0, 0.05) is 43.0 Å². The van der Waals surface area contributed by atoms with E-state index in [-0.39, 0.29) is 34.5 Å². The number of rotatable bonds is 7.